The number of H-pyrrole nitrogens is 1. The largest absolute Gasteiger partial charge is 0.361 e. The van der Waals surface area contributed by atoms with Crippen LogP contribution in [0.2, 0.25) is 0 Å². The molecule has 3 heteroatoms. The van der Waals surface area contributed by atoms with Crippen LogP contribution in [0.1, 0.15) is 0 Å². The molecule has 3 nitrogen and oxygen atoms in total. The van der Waals surface area contributed by atoms with Gasteiger partial charge in [0.15, 0.2) is 0 Å². The van der Waals surface area contributed by atoms with E-state index in [0.717, 1.165) is 17.4 Å². The Kier molecular flexibility index (Phi) is 1.22. The summed E-state index contributed by atoms with van der Waals surface area (Å²) in [6.07, 6.45) is 4.09. The summed E-state index contributed by atoms with van der Waals surface area (Å²) in [6.45, 7) is 0.822. The Balaban J connectivity index is 2.64. The Hall–Kier alpha value is -1.77. The highest BCUT2D eigenvalue weighted by atomic mass is 15.3. The Morgan fingerprint density at radius 2 is 2.23 bits per heavy atom. The number of aromatic nitrogens is 1. The van der Waals surface area contributed by atoms with Crippen LogP contribution < -0.4 is 16.0 Å². The van der Waals surface area contributed by atoms with Crippen LogP contribution in [0.3, 0.4) is 0 Å². The lowest BCUT2D eigenvalue weighted by atomic mass is 10.2. The normalized spacial score (nSPS) is 14.2. The third kappa shape index (κ3) is 0.869. The van der Waals surface area contributed by atoms with Crippen LogP contribution in [-0.2, 0) is 0 Å². The average Bonchev–Trinajstić information content (AvgIpc) is 2.65. The van der Waals surface area contributed by atoms with E-state index in [2.05, 4.69) is 39.8 Å². The van der Waals surface area contributed by atoms with Crippen molar-refractivity contribution in [2.45, 2.75) is 0 Å². The fourth-order valence-electron chi connectivity index (χ4n) is 1.70. The number of aromatic amines is 1. The van der Waals surface area contributed by atoms with Crippen molar-refractivity contribution < 1.29 is 0 Å². The molecule has 0 aliphatic carbocycles. The van der Waals surface area contributed by atoms with Gasteiger partial charge in [-0.3, -0.25) is 0 Å². The molecule has 1 aliphatic heterocycles. The maximum absolute atomic E-state index is 4.29. The van der Waals surface area contributed by atoms with E-state index >= 15 is 0 Å². The fraction of sp³-hybridized carbons (Fsp3) is 0.100. The van der Waals surface area contributed by atoms with Crippen LogP contribution >= 0.6 is 0 Å². The summed E-state index contributed by atoms with van der Waals surface area (Å²) in [5, 5.41) is 7.73. The van der Waals surface area contributed by atoms with Crippen molar-refractivity contribution in [3.8, 4) is 0 Å². The SMILES string of the molecule is C1=c2ccc3[nH]ccc3c2=NNC1. The summed E-state index contributed by atoms with van der Waals surface area (Å²) in [5.41, 5.74) is 4.12. The topological polar surface area (TPSA) is 40.2 Å². The molecular formula is C10H9N3. The average molecular weight is 171 g/mol. The Morgan fingerprint density at radius 3 is 3.23 bits per heavy atom. The van der Waals surface area contributed by atoms with Crippen molar-refractivity contribution in [3.05, 3.63) is 35.0 Å². The van der Waals surface area contributed by atoms with Gasteiger partial charge < -0.3 is 10.4 Å². The Labute approximate surface area is 74.8 Å². The highest BCUT2D eigenvalue weighted by molar-refractivity contribution is 5.79. The van der Waals surface area contributed by atoms with Crippen LogP contribution in [0.5, 0.6) is 0 Å². The number of rotatable bonds is 0. The number of nitrogens with one attached hydrogen (secondary N) is 2. The van der Waals surface area contributed by atoms with Crippen molar-refractivity contribution >= 4 is 17.0 Å². The number of hydrogen-bond acceptors (Lipinski definition) is 2. The van der Waals surface area contributed by atoms with E-state index in [4.69, 9.17) is 0 Å². The van der Waals surface area contributed by atoms with Gasteiger partial charge in [0, 0.05) is 22.3 Å². The first-order valence-corrected chi connectivity index (χ1v) is 4.32. The molecule has 0 unspecified atom stereocenters. The van der Waals surface area contributed by atoms with Crippen LogP contribution in [0.4, 0.5) is 0 Å². The van der Waals surface area contributed by atoms with E-state index in [-0.39, 0.29) is 0 Å². The molecule has 0 saturated carbocycles. The zero-order valence-electron chi connectivity index (χ0n) is 7.04. The number of nitrogens with zero attached hydrogens (tertiary/aromatic N) is 1. The second kappa shape index (κ2) is 2.36. The standard InChI is InChI=1S/C10H9N3/c1-2-9-8(4-5-11-9)10-7(1)3-6-12-13-10/h1-5,11-12H,6H2. The van der Waals surface area contributed by atoms with Crippen molar-refractivity contribution in [2.24, 2.45) is 5.10 Å². The minimum atomic E-state index is 0.822. The van der Waals surface area contributed by atoms with Gasteiger partial charge in [-0.2, -0.15) is 5.10 Å². The molecule has 1 aromatic carbocycles. The third-order valence-electron chi connectivity index (χ3n) is 2.34. The zero-order valence-corrected chi connectivity index (χ0v) is 7.04. The Morgan fingerprint density at radius 1 is 1.23 bits per heavy atom. The second-order valence-corrected chi connectivity index (χ2v) is 3.12. The van der Waals surface area contributed by atoms with Gasteiger partial charge in [-0.1, -0.05) is 12.1 Å². The molecule has 0 bridgehead atoms. The highest BCUT2D eigenvalue weighted by Crippen LogP contribution is 2.03. The summed E-state index contributed by atoms with van der Waals surface area (Å²) in [6, 6.07) is 6.24. The van der Waals surface area contributed by atoms with Crippen molar-refractivity contribution in [1.29, 1.82) is 0 Å². The van der Waals surface area contributed by atoms with E-state index in [1.54, 1.807) is 0 Å². The van der Waals surface area contributed by atoms with E-state index in [1.165, 1.54) is 10.6 Å². The van der Waals surface area contributed by atoms with Crippen molar-refractivity contribution in [3.63, 3.8) is 0 Å². The van der Waals surface area contributed by atoms with Gasteiger partial charge in [0.1, 0.15) is 0 Å². The molecule has 0 spiro atoms. The van der Waals surface area contributed by atoms with E-state index in [0.29, 0.717) is 0 Å². The van der Waals surface area contributed by atoms with E-state index in [9.17, 15) is 0 Å². The lowest BCUT2D eigenvalue weighted by molar-refractivity contribution is 0.795. The molecule has 64 valence electrons. The number of hydrogen-bond donors (Lipinski definition) is 2. The van der Waals surface area contributed by atoms with Crippen molar-refractivity contribution in [2.75, 3.05) is 6.54 Å². The molecule has 0 fully saturated rings. The zero-order chi connectivity index (χ0) is 8.67. The first-order valence-electron chi connectivity index (χ1n) is 4.32. The van der Waals surface area contributed by atoms with Gasteiger partial charge in [0.25, 0.3) is 0 Å². The first kappa shape index (κ1) is 6.71. The first-order chi connectivity index (χ1) is 6.45. The fourth-order valence-corrected chi connectivity index (χ4v) is 1.70. The van der Waals surface area contributed by atoms with Gasteiger partial charge >= 0.3 is 0 Å². The molecule has 2 heterocycles. The van der Waals surface area contributed by atoms with Gasteiger partial charge in [0.2, 0.25) is 0 Å². The minimum Gasteiger partial charge on any atom is -0.361 e. The molecule has 2 N–H and O–H groups in total. The summed E-state index contributed by atoms with van der Waals surface area (Å²) >= 11 is 0. The third-order valence-corrected chi connectivity index (χ3v) is 2.34. The molecule has 0 atom stereocenters. The summed E-state index contributed by atoms with van der Waals surface area (Å²) in [4.78, 5) is 3.17. The summed E-state index contributed by atoms with van der Waals surface area (Å²) < 4.78 is 0. The molecular weight excluding hydrogens is 162 g/mol. The molecule has 0 saturated heterocycles. The van der Waals surface area contributed by atoms with Crippen LogP contribution in [0, 0.1) is 0 Å². The summed E-state index contributed by atoms with van der Waals surface area (Å²) in [7, 11) is 0. The molecule has 0 amide bonds. The van der Waals surface area contributed by atoms with Crippen LogP contribution in [0.15, 0.2) is 29.5 Å². The molecule has 1 aliphatic rings. The van der Waals surface area contributed by atoms with E-state index < -0.39 is 0 Å². The number of fused-ring (bicyclic) bond motifs is 3. The second-order valence-electron chi connectivity index (χ2n) is 3.12. The predicted molar refractivity (Wildman–Crippen MR) is 51.5 cm³/mol. The summed E-state index contributed by atoms with van der Waals surface area (Å²) in [5.74, 6) is 0. The predicted octanol–water partition coefficient (Wildman–Crippen LogP) is 0.0862. The van der Waals surface area contributed by atoms with Gasteiger partial charge in [-0.05, 0) is 12.1 Å². The Bertz CT molecular complexity index is 565. The van der Waals surface area contributed by atoms with E-state index in [1.807, 2.05) is 6.20 Å². The molecule has 2 aromatic rings. The van der Waals surface area contributed by atoms with Crippen LogP contribution in [-0.4, -0.2) is 11.5 Å². The molecule has 13 heavy (non-hydrogen) atoms. The molecule has 3 rings (SSSR count). The molecule has 0 radical (unpaired) electrons. The monoisotopic (exact) mass is 171 g/mol. The molecule has 1 aromatic heterocycles. The maximum Gasteiger partial charge on any atom is 0.0992 e. The number of benzene rings is 1. The van der Waals surface area contributed by atoms with Crippen molar-refractivity contribution in [1.82, 2.24) is 10.4 Å². The minimum absolute atomic E-state index is 0.822. The van der Waals surface area contributed by atoms with Gasteiger partial charge in [-0.15, -0.1) is 0 Å². The lowest BCUT2D eigenvalue weighted by Gasteiger charge is -2.02. The van der Waals surface area contributed by atoms with Gasteiger partial charge in [-0.25, -0.2) is 0 Å². The smallest absolute Gasteiger partial charge is 0.0992 e. The van der Waals surface area contributed by atoms with Crippen LogP contribution in [0.25, 0.3) is 17.0 Å². The quantitative estimate of drug-likeness (QED) is 0.579. The van der Waals surface area contributed by atoms with Gasteiger partial charge in [0.05, 0.1) is 11.9 Å². The lowest BCUT2D eigenvalue weighted by Crippen LogP contribution is -2.33. The highest BCUT2D eigenvalue weighted by Gasteiger charge is 2.00. The maximum atomic E-state index is 4.29.